The van der Waals surface area contributed by atoms with E-state index < -0.39 is 0 Å². The van der Waals surface area contributed by atoms with Crippen LogP contribution in [0.5, 0.6) is 0 Å². The van der Waals surface area contributed by atoms with Gasteiger partial charge >= 0.3 is 0 Å². The summed E-state index contributed by atoms with van der Waals surface area (Å²) in [6, 6.07) is 19.1. The fraction of sp³-hybridized carbons (Fsp3) is 0.294. The second-order valence-electron chi connectivity index (χ2n) is 4.75. The van der Waals surface area contributed by atoms with E-state index in [9.17, 15) is 0 Å². The molecule has 0 spiro atoms. The van der Waals surface area contributed by atoms with Gasteiger partial charge in [-0.15, -0.1) is 0 Å². The van der Waals surface area contributed by atoms with Crippen molar-refractivity contribution >= 4 is 0 Å². The van der Waals surface area contributed by atoms with Crippen molar-refractivity contribution in [1.82, 2.24) is 5.32 Å². The summed E-state index contributed by atoms with van der Waals surface area (Å²) in [5, 5.41) is 3.30. The molecule has 0 amide bonds. The normalized spacial score (nSPS) is 12.3. The number of hydrogen-bond acceptors (Lipinski definition) is 2. The summed E-state index contributed by atoms with van der Waals surface area (Å²) >= 11 is 0. The molecular weight excluding hydrogens is 234 g/mol. The van der Waals surface area contributed by atoms with E-state index in [2.05, 4.69) is 48.6 Å². The van der Waals surface area contributed by atoms with Crippen LogP contribution in [0, 0.1) is 6.92 Å². The van der Waals surface area contributed by atoms with E-state index in [1.807, 2.05) is 25.2 Å². The summed E-state index contributed by atoms with van der Waals surface area (Å²) < 4.78 is 5.79. The van der Waals surface area contributed by atoms with Gasteiger partial charge in [0.2, 0.25) is 0 Å². The van der Waals surface area contributed by atoms with Gasteiger partial charge in [0.25, 0.3) is 0 Å². The standard InChI is InChI=1S/C17H21NO/c1-14-8-10-16(11-9-14)17(18-2)13-19-12-15-6-4-3-5-7-15/h3-11,17-18H,12-13H2,1-2H3. The topological polar surface area (TPSA) is 21.3 Å². The van der Waals surface area contributed by atoms with Crippen molar-refractivity contribution in [2.75, 3.05) is 13.7 Å². The fourth-order valence-electron chi connectivity index (χ4n) is 2.01. The lowest BCUT2D eigenvalue weighted by Crippen LogP contribution is -2.21. The molecule has 1 N–H and O–H groups in total. The third-order valence-corrected chi connectivity index (χ3v) is 3.22. The van der Waals surface area contributed by atoms with Gasteiger partial charge in [0, 0.05) is 0 Å². The predicted octanol–water partition coefficient (Wildman–Crippen LogP) is 3.47. The number of aryl methyl sites for hydroxylation is 1. The van der Waals surface area contributed by atoms with E-state index in [1.165, 1.54) is 16.7 Å². The lowest BCUT2D eigenvalue weighted by atomic mass is 10.1. The van der Waals surface area contributed by atoms with Gasteiger partial charge in [-0.1, -0.05) is 60.2 Å². The Hall–Kier alpha value is -1.64. The molecule has 2 rings (SSSR count). The summed E-state index contributed by atoms with van der Waals surface area (Å²) in [6.45, 7) is 3.43. The maximum Gasteiger partial charge on any atom is 0.0717 e. The van der Waals surface area contributed by atoms with Crippen LogP contribution in [0.1, 0.15) is 22.7 Å². The largest absolute Gasteiger partial charge is 0.375 e. The van der Waals surface area contributed by atoms with Gasteiger partial charge in [-0.2, -0.15) is 0 Å². The maximum absolute atomic E-state index is 5.79. The van der Waals surface area contributed by atoms with Gasteiger partial charge in [0.1, 0.15) is 0 Å². The summed E-state index contributed by atoms with van der Waals surface area (Å²) in [4.78, 5) is 0. The number of benzene rings is 2. The number of nitrogens with one attached hydrogen (secondary N) is 1. The quantitative estimate of drug-likeness (QED) is 0.853. The monoisotopic (exact) mass is 255 g/mol. The third kappa shape index (κ3) is 4.19. The second kappa shape index (κ2) is 7.07. The van der Waals surface area contributed by atoms with Crippen LogP contribution in [0.25, 0.3) is 0 Å². The minimum atomic E-state index is 0.240. The van der Waals surface area contributed by atoms with Gasteiger partial charge in [-0.25, -0.2) is 0 Å². The highest BCUT2D eigenvalue weighted by atomic mass is 16.5. The van der Waals surface area contributed by atoms with E-state index in [1.54, 1.807) is 0 Å². The number of likely N-dealkylation sites (N-methyl/N-ethyl adjacent to an activating group) is 1. The molecule has 0 heterocycles. The molecule has 0 aliphatic heterocycles. The zero-order valence-corrected chi connectivity index (χ0v) is 11.6. The van der Waals surface area contributed by atoms with Crippen molar-refractivity contribution in [3.63, 3.8) is 0 Å². The Morgan fingerprint density at radius 3 is 2.32 bits per heavy atom. The van der Waals surface area contributed by atoms with E-state index in [-0.39, 0.29) is 6.04 Å². The zero-order chi connectivity index (χ0) is 13.5. The SMILES string of the molecule is CNC(COCc1ccccc1)c1ccc(C)cc1. The maximum atomic E-state index is 5.79. The molecule has 2 heteroatoms. The molecule has 0 radical (unpaired) electrons. The lowest BCUT2D eigenvalue weighted by molar-refractivity contribution is 0.101. The molecular formula is C17H21NO. The number of ether oxygens (including phenoxy) is 1. The van der Waals surface area contributed by atoms with E-state index in [0.717, 1.165) is 0 Å². The summed E-state index contributed by atoms with van der Waals surface area (Å²) in [7, 11) is 1.97. The highest BCUT2D eigenvalue weighted by molar-refractivity contribution is 5.24. The molecule has 1 atom stereocenters. The van der Waals surface area contributed by atoms with Crippen molar-refractivity contribution < 1.29 is 4.74 Å². The molecule has 100 valence electrons. The van der Waals surface area contributed by atoms with Crippen molar-refractivity contribution in [3.05, 3.63) is 71.3 Å². The number of hydrogen-bond donors (Lipinski definition) is 1. The molecule has 19 heavy (non-hydrogen) atoms. The molecule has 0 bridgehead atoms. The highest BCUT2D eigenvalue weighted by Gasteiger charge is 2.08. The molecule has 0 saturated heterocycles. The molecule has 0 aliphatic carbocycles. The van der Waals surface area contributed by atoms with Crippen LogP contribution in [0.3, 0.4) is 0 Å². The predicted molar refractivity (Wildman–Crippen MR) is 79.1 cm³/mol. The first-order chi connectivity index (χ1) is 9.29. The molecule has 2 nitrogen and oxygen atoms in total. The van der Waals surface area contributed by atoms with E-state index in [4.69, 9.17) is 4.74 Å². The van der Waals surface area contributed by atoms with Crippen LogP contribution in [0.2, 0.25) is 0 Å². The van der Waals surface area contributed by atoms with Gasteiger partial charge in [0.15, 0.2) is 0 Å². The van der Waals surface area contributed by atoms with E-state index in [0.29, 0.717) is 13.2 Å². The van der Waals surface area contributed by atoms with Gasteiger partial charge < -0.3 is 10.1 Å². The Bertz CT molecular complexity index is 478. The second-order valence-corrected chi connectivity index (χ2v) is 4.75. The molecule has 0 saturated carbocycles. The van der Waals surface area contributed by atoms with Crippen molar-refractivity contribution in [2.45, 2.75) is 19.6 Å². The first kappa shape index (κ1) is 13.8. The number of rotatable bonds is 6. The minimum Gasteiger partial charge on any atom is -0.375 e. The smallest absolute Gasteiger partial charge is 0.0717 e. The van der Waals surface area contributed by atoms with Crippen LogP contribution < -0.4 is 5.32 Å². The van der Waals surface area contributed by atoms with Crippen LogP contribution in [0.4, 0.5) is 0 Å². The zero-order valence-electron chi connectivity index (χ0n) is 11.6. The molecule has 0 fully saturated rings. The van der Waals surface area contributed by atoms with Crippen LogP contribution in [-0.4, -0.2) is 13.7 Å². The summed E-state index contributed by atoms with van der Waals surface area (Å²) in [6.07, 6.45) is 0. The average molecular weight is 255 g/mol. The first-order valence-corrected chi connectivity index (χ1v) is 6.65. The van der Waals surface area contributed by atoms with Crippen molar-refractivity contribution in [3.8, 4) is 0 Å². The van der Waals surface area contributed by atoms with Crippen LogP contribution >= 0.6 is 0 Å². The molecule has 2 aromatic rings. The Labute approximate surface area is 115 Å². The molecule has 2 aromatic carbocycles. The van der Waals surface area contributed by atoms with Crippen molar-refractivity contribution in [1.29, 1.82) is 0 Å². The van der Waals surface area contributed by atoms with Gasteiger partial charge in [0.05, 0.1) is 19.3 Å². The van der Waals surface area contributed by atoms with Gasteiger partial charge in [-0.3, -0.25) is 0 Å². The summed E-state index contributed by atoms with van der Waals surface area (Å²) in [5.74, 6) is 0. The Morgan fingerprint density at radius 2 is 1.68 bits per heavy atom. The van der Waals surface area contributed by atoms with Gasteiger partial charge in [-0.05, 0) is 25.1 Å². The minimum absolute atomic E-state index is 0.240. The van der Waals surface area contributed by atoms with E-state index >= 15 is 0 Å². The Kier molecular flexibility index (Phi) is 5.13. The Morgan fingerprint density at radius 1 is 1.00 bits per heavy atom. The molecule has 1 unspecified atom stereocenters. The highest BCUT2D eigenvalue weighted by Crippen LogP contribution is 2.14. The van der Waals surface area contributed by atoms with Crippen molar-refractivity contribution in [2.24, 2.45) is 0 Å². The molecule has 0 aromatic heterocycles. The van der Waals surface area contributed by atoms with Crippen LogP contribution in [-0.2, 0) is 11.3 Å². The summed E-state index contributed by atoms with van der Waals surface area (Å²) in [5.41, 5.74) is 3.76. The Balaban J connectivity index is 1.87. The first-order valence-electron chi connectivity index (χ1n) is 6.65. The lowest BCUT2D eigenvalue weighted by Gasteiger charge is -2.17. The fourth-order valence-corrected chi connectivity index (χ4v) is 2.01. The average Bonchev–Trinajstić information content (AvgIpc) is 2.46. The molecule has 0 aliphatic rings. The van der Waals surface area contributed by atoms with Crippen LogP contribution in [0.15, 0.2) is 54.6 Å². The third-order valence-electron chi connectivity index (χ3n) is 3.22.